The first-order valence-electron chi connectivity index (χ1n) is 9.15. The lowest BCUT2D eigenvalue weighted by atomic mass is 10.2. The van der Waals surface area contributed by atoms with Gasteiger partial charge in [-0.2, -0.15) is 0 Å². The fraction of sp³-hybridized carbons (Fsp3) is 0.421. The first-order chi connectivity index (χ1) is 13.5. The van der Waals surface area contributed by atoms with E-state index in [4.69, 9.17) is 0 Å². The molecule has 0 aliphatic rings. The van der Waals surface area contributed by atoms with Gasteiger partial charge in [-0.1, -0.05) is 31.2 Å². The highest BCUT2D eigenvalue weighted by atomic mass is 32.2. The summed E-state index contributed by atoms with van der Waals surface area (Å²) >= 11 is 1.14. The maximum Gasteiger partial charge on any atom is 0.251 e. The molecular weight excluding hydrogens is 412 g/mol. The van der Waals surface area contributed by atoms with Gasteiger partial charge in [0.1, 0.15) is 0 Å². The molecule has 1 atom stereocenters. The Morgan fingerprint density at radius 3 is 2.62 bits per heavy atom. The molecule has 1 amide bonds. The number of hydrogen-bond donors (Lipinski definition) is 2. The molecule has 0 aliphatic heterocycles. The summed E-state index contributed by atoms with van der Waals surface area (Å²) in [7, 11) is -0.707. The van der Waals surface area contributed by atoms with E-state index in [1.54, 1.807) is 19.9 Å². The number of carbonyl (C=O) groups is 1. The van der Waals surface area contributed by atoms with Gasteiger partial charge in [-0.25, -0.2) is 17.7 Å². The zero-order valence-corrected chi connectivity index (χ0v) is 18.8. The lowest BCUT2D eigenvalue weighted by Gasteiger charge is -2.16. The molecule has 0 radical (unpaired) electrons. The Kier molecular flexibility index (Phi) is 7.61. The minimum atomic E-state index is -3.61. The van der Waals surface area contributed by atoms with Crippen molar-refractivity contribution in [2.24, 2.45) is 0 Å². The number of rotatable bonds is 8. The number of sulfonamides is 1. The van der Waals surface area contributed by atoms with E-state index in [2.05, 4.69) is 15.3 Å². The molecular formula is C19H26N4O4S2. The molecule has 1 unspecified atom stereocenters. The molecule has 0 saturated carbocycles. The number of aromatic nitrogens is 2. The van der Waals surface area contributed by atoms with Crippen LogP contribution in [0.2, 0.25) is 0 Å². The van der Waals surface area contributed by atoms with Crippen LogP contribution in [0.1, 0.15) is 31.5 Å². The van der Waals surface area contributed by atoms with Gasteiger partial charge in [-0.05, 0) is 38.0 Å². The van der Waals surface area contributed by atoms with Crippen molar-refractivity contribution in [3.63, 3.8) is 0 Å². The Hall–Kier alpha value is -2.17. The van der Waals surface area contributed by atoms with Gasteiger partial charge >= 0.3 is 0 Å². The van der Waals surface area contributed by atoms with Crippen molar-refractivity contribution in [1.29, 1.82) is 0 Å². The second-order valence-corrected chi connectivity index (χ2v) is 10.3. The average Bonchev–Trinajstić information content (AvgIpc) is 2.62. The molecule has 2 rings (SSSR count). The molecule has 1 aromatic heterocycles. The van der Waals surface area contributed by atoms with E-state index in [0.29, 0.717) is 23.0 Å². The molecule has 10 heteroatoms. The van der Waals surface area contributed by atoms with Crippen molar-refractivity contribution in [2.45, 2.75) is 48.9 Å². The molecule has 2 N–H and O–H groups in total. The number of nitrogens with one attached hydrogen (secondary N) is 2. The molecule has 158 valence electrons. The Labute approximate surface area is 175 Å². The second-order valence-electron chi connectivity index (χ2n) is 6.81. The fourth-order valence-electron chi connectivity index (χ4n) is 2.49. The zero-order chi connectivity index (χ0) is 21.8. The number of aryl methyl sites for hydroxylation is 2. The lowest BCUT2D eigenvalue weighted by Crippen LogP contribution is -2.25. The van der Waals surface area contributed by atoms with Gasteiger partial charge in [-0.3, -0.25) is 9.59 Å². The second kappa shape index (κ2) is 9.55. The van der Waals surface area contributed by atoms with Gasteiger partial charge in [0.15, 0.2) is 5.16 Å². The number of amides is 1. The fourth-order valence-corrected chi connectivity index (χ4v) is 4.24. The summed E-state index contributed by atoms with van der Waals surface area (Å²) in [5.41, 5.74) is 1.59. The molecule has 1 heterocycles. The Morgan fingerprint density at radius 1 is 1.31 bits per heavy atom. The minimum absolute atomic E-state index is 0.0990. The van der Waals surface area contributed by atoms with Crippen LogP contribution in [-0.2, 0) is 21.2 Å². The quantitative estimate of drug-likeness (QED) is 0.483. The van der Waals surface area contributed by atoms with Gasteiger partial charge in [-0.15, -0.1) is 0 Å². The maximum atomic E-state index is 12.6. The summed E-state index contributed by atoms with van der Waals surface area (Å²) < 4.78 is 25.8. The first-order valence-corrected chi connectivity index (χ1v) is 11.5. The van der Waals surface area contributed by atoms with Crippen LogP contribution in [0.5, 0.6) is 0 Å². The van der Waals surface area contributed by atoms with E-state index >= 15 is 0 Å². The highest BCUT2D eigenvalue weighted by Crippen LogP contribution is 2.24. The van der Waals surface area contributed by atoms with E-state index in [9.17, 15) is 18.0 Å². The van der Waals surface area contributed by atoms with E-state index in [-0.39, 0.29) is 16.4 Å². The number of aromatic amines is 1. The third-order valence-corrected chi connectivity index (χ3v) is 6.98. The molecule has 29 heavy (non-hydrogen) atoms. The van der Waals surface area contributed by atoms with Crippen molar-refractivity contribution in [1.82, 2.24) is 14.3 Å². The van der Waals surface area contributed by atoms with Crippen LogP contribution in [0.4, 0.5) is 5.69 Å². The minimum Gasteiger partial charge on any atom is -0.325 e. The molecule has 0 aliphatic carbocycles. The Bertz CT molecular complexity index is 1050. The standard InChI is InChI=1S/C19H26N4O4S2/c1-6-7-14-10-17(24)22-19(20-14)28-13(3)18(25)21-16-11-15(9-8-12(16)2)29(26,27)23(4)5/h8-11,13H,6-7H2,1-5H3,(H,21,25)(H,20,22,24). The zero-order valence-electron chi connectivity index (χ0n) is 17.1. The SMILES string of the molecule is CCCc1cc(=O)[nH]c(SC(C)C(=O)Nc2cc(S(=O)(=O)N(C)C)ccc2C)n1. The summed E-state index contributed by atoms with van der Waals surface area (Å²) in [6.07, 6.45) is 1.55. The van der Waals surface area contributed by atoms with Crippen molar-refractivity contribution in [3.05, 3.63) is 45.9 Å². The number of nitrogens with zero attached hydrogens (tertiary/aromatic N) is 2. The van der Waals surface area contributed by atoms with Gasteiger partial charge in [0.05, 0.1) is 10.1 Å². The first kappa shape index (κ1) is 23.1. The van der Waals surface area contributed by atoms with Crippen molar-refractivity contribution in [2.75, 3.05) is 19.4 Å². The summed E-state index contributed by atoms with van der Waals surface area (Å²) in [5, 5.41) is 2.60. The third kappa shape index (κ3) is 5.91. The van der Waals surface area contributed by atoms with Gasteiger partial charge in [0.2, 0.25) is 15.9 Å². The smallest absolute Gasteiger partial charge is 0.251 e. The summed E-state index contributed by atoms with van der Waals surface area (Å²) in [6, 6.07) is 6.06. The third-order valence-electron chi connectivity index (χ3n) is 4.18. The lowest BCUT2D eigenvalue weighted by molar-refractivity contribution is -0.115. The monoisotopic (exact) mass is 438 g/mol. The van der Waals surface area contributed by atoms with E-state index in [0.717, 1.165) is 28.1 Å². The van der Waals surface area contributed by atoms with Crippen molar-refractivity contribution < 1.29 is 13.2 Å². The maximum absolute atomic E-state index is 12.6. The Balaban J connectivity index is 2.19. The average molecular weight is 439 g/mol. The van der Waals surface area contributed by atoms with E-state index in [1.807, 2.05) is 6.92 Å². The summed E-state index contributed by atoms with van der Waals surface area (Å²) in [6.45, 7) is 5.48. The van der Waals surface area contributed by atoms with E-state index < -0.39 is 15.3 Å². The highest BCUT2D eigenvalue weighted by molar-refractivity contribution is 8.00. The number of anilines is 1. The van der Waals surface area contributed by atoms with Crippen LogP contribution in [-0.4, -0.2) is 47.9 Å². The number of thioether (sulfide) groups is 1. The van der Waals surface area contributed by atoms with Crippen LogP contribution < -0.4 is 10.9 Å². The van der Waals surface area contributed by atoms with Crippen molar-refractivity contribution in [3.8, 4) is 0 Å². The number of carbonyl (C=O) groups excluding carboxylic acids is 1. The topological polar surface area (TPSA) is 112 Å². The normalized spacial score (nSPS) is 12.8. The van der Waals surface area contributed by atoms with Gasteiger partial charge in [0, 0.05) is 31.5 Å². The summed E-state index contributed by atoms with van der Waals surface area (Å²) in [4.78, 5) is 31.6. The van der Waals surface area contributed by atoms with Gasteiger partial charge in [0.25, 0.3) is 5.56 Å². The van der Waals surface area contributed by atoms with Crippen LogP contribution in [0.25, 0.3) is 0 Å². The molecule has 0 fully saturated rings. The van der Waals surface area contributed by atoms with E-state index in [1.165, 1.54) is 32.3 Å². The van der Waals surface area contributed by atoms with Crippen LogP contribution in [0, 0.1) is 6.92 Å². The predicted octanol–water partition coefficient (Wildman–Crippen LogP) is 2.40. The van der Waals surface area contributed by atoms with Gasteiger partial charge < -0.3 is 10.3 Å². The highest BCUT2D eigenvalue weighted by Gasteiger charge is 2.21. The van der Waals surface area contributed by atoms with Crippen molar-refractivity contribution >= 4 is 33.4 Å². The molecule has 0 saturated heterocycles. The largest absolute Gasteiger partial charge is 0.325 e. The predicted molar refractivity (Wildman–Crippen MR) is 115 cm³/mol. The van der Waals surface area contributed by atoms with Crippen LogP contribution >= 0.6 is 11.8 Å². The molecule has 0 bridgehead atoms. The Morgan fingerprint density at radius 2 is 2.00 bits per heavy atom. The van der Waals surface area contributed by atoms with Crippen LogP contribution in [0.3, 0.4) is 0 Å². The molecule has 0 spiro atoms. The molecule has 8 nitrogen and oxygen atoms in total. The number of H-pyrrole nitrogens is 1. The number of hydrogen-bond acceptors (Lipinski definition) is 6. The van der Waals surface area contributed by atoms with Crippen LogP contribution in [0.15, 0.2) is 39.1 Å². The number of benzene rings is 1. The molecule has 1 aromatic carbocycles. The summed E-state index contributed by atoms with van der Waals surface area (Å²) in [5.74, 6) is -0.318. The molecule has 2 aromatic rings.